The highest BCUT2D eigenvalue weighted by atomic mass is 19.1. The van der Waals surface area contributed by atoms with Crippen LogP contribution in [0.4, 0.5) is 16.0 Å². The van der Waals surface area contributed by atoms with Crippen molar-refractivity contribution in [3.8, 4) is 5.82 Å². The Kier molecular flexibility index (Phi) is 5.88. The SMILES string of the molecule is Fc1ccc2nc([C@H](COCc3ccccc3)Nc3ncnc4c3CC=N4)n(-c3ccccn3)c2c1. The molecule has 6 rings (SSSR count). The molecular formula is C27H22FN7O. The van der Waals surface area contributed by atoms with Gasteiger partial charge < -0.3 is 10.1 Å². The van der Waals surface area contributed by atoms with Crippen LogP contribution < -0.4 is 5.32 Å². The molecule has 0 bridgehead atoms. The molecule has 0 radical (unpaired) electrons. The highest BCUT2D eigenvalue weighted by Crippen LogP contribution is 2.31. The summed E-state index contributed by atoms with van der Waals surface area (Å²) in [5, 5.41) is 3.51. The molecule has 0 saturated carbocycles. The van der Waals surface area contributed by atoms with Crippen LogP contribution in [-0.2, 0) is 17.8 Å². The van der Waals surface area contributed by atoms with Gasteiger partial charge in [0.15, 0.2) is 5.82 Å². The highest BCUT2D eigenvalue weighted by molar-refractivity contribution is 5.79. The molecule has 8 nitrogen and oxygen atoms in total. The molecule has 36 heavy (non-hydrogen) atoms. The smallest absolute Gasteiger partial charge is 0.160 e. The molecule has 9 heteroatoms. The molecule has 0 amide bonds. The number of aromatic nitrogens is 5. The van der Waals surface area contributed by atoms with Gasteiger partial charge in [0.1, 0.15) is 35.6 Å². The molecule has 0 spiro atoms. The van der Waals surface area contributed by atoms with Gasteiger partial charge in [-0.15, -0.1) is 0 Å². The van der Waals surface area contributed by atoms with Gasteiger partial charge in [0.2, 0.25) is 0 Å². The Labute approximate surface area is 206 Å². The number of fused-ring (bicyclic) bond motifs is 2. The molecule has 3 aromatic heterocycles. The standard InChI is InChI=1S/C27H22FN7O/c28-19-9-10-21-23(14-19)35(24-8-4-5-12-29-24)27(34-21)22(16-36-15-18-6-2-1-3-7-18)33-26-20-11-13-30-25(20)31-17-32-26/h1-10,12-14,17,22H,11,15-16H2,(H,31,32,33)/t22-/m0/s1. The van der Waals surface area contributed by atoms with Crippen LogP contribution in [0.5, 0.6) is 0 Å². The van der Waals surface area contributed by atoms with Crippen LogP contribution in [0.25, 0.3) is 16.9 Å². The first kappa shape index (κ1) is 22.0. The van der Waals surface area contributed by atoms with Crippen LogP contribution in [0.2, 0.25) is 0 Å². The maximum absolute atomic E-state index is 14.3. The fraction of sp³-hybridized carbons (Fsp3) is 0.148. The van der Waals surface area contributed by atoms with Crippen molar-refractivity contribution in [2.24, 2.45) is 4.99 Å². The van der Waals surface area contributed by atoms with Crippen LogP contribution >= 0.6 is 0 Å². The zero-order valence-corrected chi connectivity index (χ0v) is 19.3. The van der Waals surface area contributed by atoms with E-state index in [1.807, 2.05) is 59.3 Å². The molecule has 1 atom stereocenters. The largest absolute Gasteiger partial charge is 0.374 e. The summed E-state index contributed by atoms with van der Waals surface area (Å²) in [5.41, 5.74) is 3.25. The quantitative estimate of drug-likeness (QED) is 0.338. The van der Waals surface area contributed by atoms with Crippen molar-refractivity contribution in [1.29, 1.82) is 0 Å². The van der Waals surface area contributed by atoms with Gasteiger partial charge in [-0.05, 0) is 29.8 Å². The van der Waals surface area contributed by atoms with E-state index in [4.69, 9.17) is 9.72 Å². The topological polar surface area (TPSA) is 90.1 Å². The minimum atomic E-state index is -0.425. The third-order valence-electron chi connectivity index (χ3n) is 5.97. The second kappa shape index (κ2) is 9.63. The summed E-state index contributed by atoms with van der Waals surface area (Å²) >= 11 is 0. The number of nitrogens with zero attached hydrogens (tertiary/aromatic N) is 6. The van der Waals surface area contributed by atoms with Crippen LogP contribution in [0.15, 0.2) is 84.2 Å². The molecule has 178 valence electrons. The summed E-state index contributed by atoms with van der Waals surface area (Å²) in [6.07, 6.45) is 5.64. The lowest BCUT2D eigenvalue weighted by atomic mass is 10.2. The number of anilines is 1. The number of rotatable bonds is 8. The number of ether oxygens (including phenoxy) is 1. The normalized spacial score (nSPS) is 13.1. The number of benzene rings is 2. The van der Waals surface area contributed by atoms with Gasteiger partial charge in [0.05, 0.1) is 24.2 Å². The van der Waals surface area contributed by atoms with E-state index >= 15 is 0 Å². The fourth-order valence-electron chi connectivity index (χ4n) is 4.29. The van der Waals surface area contributed by atoms with E-state index in [1.54, 1.807) is 12.3 Å². The number of hydrogen-bond acceptors (Lipinski definition) is 7. The predicted molar refractivity (Wildman–Crippen MR) is 135 cm³/mol. The van der Waals surface area contributed by atoms with Gasteiger partial charge in [-0.3, -0.25) is 4.57 Å². The first-order chi connectivity index (χ1) is 17.8. The van der Waals surface area contributed by atoms with Crippen molar-refractivity contribution >= 4 is 28.9 Å². The van der Waals surface area contributed by atoms with Crippen molar-refractivity contribution in [2.45, 2.75) is 19.1 Å². The molecule has 0 unspecified atom stereocenters. The van der Waals surface area contributed by atoms with Crippen LogP contribution in [0, 0.1) is 5.82 Å². The van der Waals surface area contributed by atoms with Gasteiger partial charge >= 0.3 is 0 Å². The maximum atomic E-state index is 14.3. The van der Waals surface area contributed by atoms with Crippen LogP contribution in [-0.4, -0.2) is 37.3 Å². The zero-order valence-electron chi connectivity index (χ0n) is 19.3. The van der Waals surface area contributed by atoms with E-state index in [2.05, 4.69) is 25.3 Å². The molecule has 1 aliphatic heterocycles. The van der Waals surface area contributed by atoms with Crippen molar-refractivity contribution in [3.05, 3.63) is 102 Å². The second-order valence-corrected chi connectivity index (χ2v) is 8.36. The number of imidazole rings is 1. The van der Waals surface area contributed by atoms with Crippen molar-refractivity contribution in [2.75, 3.05) is 11.9 Å². The van der Waals surface area contributed by atoms with Gasteiger partial charge in [0.25, 0.3) is 0 Å². The molecule has 1 N–H and O–H groups in total. The number of pyridine rings is 1. The van der Waals surface area contributed by atoms with Crippen molar-refractivity contribution in [1.82, 2.24) is 24.5 Å². The van der Waals surface area contributed by atoms with Crippen LogP contribution in [0.1, 0.15) is 23.0 Å². The third kappa shape index (κ3) is 4.32. The Morgan fingerprint density at radius 3 is 2.75 bits per heavy atom. The van der Waals surface area contributed by atoms with Crippen molar-refractivity contribution < 1.29 is 9.13 Å². The Balaban J connectivity index is 1.42. The average Bonchev–Trinajstić information content (AvgIpc) is 3.54. The number of nitrogens with one attached hydrogen (secondary N) is 1. The Bertz CT molecular complexity index is 1540. The fourth-order valence-corrected chi connectivity index (χ4v) is 4.29. The Morgan fingerprint density at radius 1 is 1.00 bits per heavy atom. The van der Waals surface area contributed by atoms with Gasteiger partial charge in [-0.25, -0.2) is 29.3 Å². The maximum Gasteiger partial charge on any atom is 0.160 e. The molecule has 2 aromatic carbocycles. The Morgan fingerprint density at radius 2 is 1.89 bits per heavy atom. The van der Waals surface area contributed by atoms with E-state index < -0.39 is 6.04 Å². The van der Waals surface area contributed by atoms with E-state index in [1.165, 1.54) is 18.5 Å². The first-order valence-corrected chi connectivity index (χ1v) is 11.6. The van der Waals surface area contributed by atoms with E-state index in [9.17, 15) is 4.39 Å². The van der Waals surface area contributed by atoms with Gasteiger partial charge in [-0.1, -0.05) is 36.4 Å². The zero-order chi connectivity index (χ0) is 24.3. The summed E-state index contributed by atoms with van der Waals surface area (Å²) < 4.78 is 22.3. The predicted octanol–water partition coefficient (Wildman–Crippen LogP) is 4.98. The summed E-state index contributed by atoms with van der Waals surface area (Å²) in [4.78, 5) is 22.5. The van der Waals surface area contributed by atoms with Gasteiger partial charge in [-0.2, -0.15) is 0 Å². The Hall–Kier alpha value is -4.50. The molecular weight excluding hydrogens is 457 g/mol. The van der Waals surface area contributed by atoms with Gasteiger partial charge in [0, 0.05) is 30.5 Å². The molecule has 0 saturated heterocycles. The lowest BCUT2D eigenvalue weighted by Crippen LogP contribution is -2.23. The van der Waals surface area contributed by atoms with Crippen molar-refractivity contribution in [3.63, 3.8) is 0 Å². The van der Waals surface area contributed by atoms with Crippen LogP contribution in [0.3, 0.4) is 0 Å². The lowest BCUT2D eigenvalue weighted by molar-refractivity contribution is 0.110. The molecule has 4 heterocycles. The number of halogens is 1. The molecule has 0 aliphatic carbocycles. The summed E-state index contributed by atoms with van der Waals surface area (Å²) in [6.45, 7) is 0.718. The molecule has 1 aliphatic rings. The minimum absolute atomic E-state index is 0.285. The third-order valence-corrected chi connectivity index (χ3v) is 5.97. The number of hydrogen-bond donors (Lipinski definition) is 1. The first-order valence-electron chi connectivity index (χ1n) is 11.6. The molecule has 0 fully saturated rings. The monoisotopic (exact) mass is 479 g/mol. The summed E-state index contributed by atoms with van der Waals surface area (Å²) in [7, 11) is 0. The average molecular weight is 480 g/mol. The van der Waals surface area contributed by atoms with E-state index in [0.717, 1.165) is 11.1 Å². The minimum Gasteiger partial charge on any atom is -0.374 e. The lowest BCUT2D eigenvalue weighted by Gasteiger charge is -2.21. The second-order valence-electron chi connectivity index (χ2n) is 8.36. The molecule has 5 aromatic rings. The summed E-state index contributed by atoms with van der Waals surface area (Å²) in [6, 6.07) is 19.7. The van der Waals surface area contributed by atoms with E-state index in [-0.39, 0.29) is 12.4 Å². The summed E-state index contributed by atoms with van der Waals surface area (Å²) in [5.74, 6) is 2.23. The van der Waals surface area contributed by atoms with E-state index in [0.29, 0.717) is 47.3 Å². The highest BCUT2D eigenvalue weighted by Gasteiger charge is 2.25. The number of aliphatic imine (C=N–C) groups is 1.